The zero-order chi connectivity index (χ0) is 13.5. The monoisotopic (exact) mass is 285 g/mol. The molecule has 1 aliphatic carbocycles. The van der Waals surface area contributed by atoms with Gasteiger partial charge in [-0.2, -0.15) is 5.10 Å². The number of nitrogen functional groups attached to an aromatic ring is 1. The van der Waals surface area contributed by atoms with E-state index in [-0.39, 0.29) is 10.7 Å². The van der Waals surface area contributed by atoms with Crippen LogP contribution in [0.5, 0.6) is 0 Å². The minimum absolute atomic E-state index is 0.0320. The molecular weight excluding hydrogens is 266 g/mol. The van der Waals surface area contributed by atoms with Crippen LogP contribution in [0.25, 0.3) is 0 Å². The molecule has 2 aliphatic rings. The predicted octanol–water partition coefficient (Wildman–Crippen LogP) is -0.246. The van der Waals surface area contributed by atoms with Gasteiger partial charge in [-0.1, -0.05) is 0 Å². The van der Waals surface area contributed by atoms with Crippen molar-refractivity contribution in [2.45, 2.75) is 30.2 Å². The molecule has 1 saturated heterocycles. The summed E-state index contributed by atoms with van der Waals surface area (Å²) < 4.78 is 26.7. The molecule has 1 saturated carbocycles. The Labute approximate surface area is 112 Å². The number of nitrogens with two attached hydrogens (primary N) is 1. The fourth-order valence-electron chi connectivity index (χ4n) is 2.61. The number of hydrogen-bond acceptors (Lipinski definition) is 5. The molecule has 7 nitrogen and oxygen atoms in total. The molecule has 4 N–H and O–H groups in total. The van der Waals surface area contributed by atoms with E-state index in [1.54, 1.807) is 0 Å². The van der Waals surface area contributed by atoms with Crippen molar-refractivity contribution < 1.29 is 8.42 Å². The Kier molecular flexibility index (Phi) is 3.23. The smallest absolute Gasteiger partial charge is 0.245 e. The molecule has 8 heteroatoms. The first-order chi connectivity index (χ1) is 9.06. The second-order valence-corrected chi connectivity index (χ2v) is 7.12. The summed E-state index contributed by atoms with van der Waals surface area (Å²) in [5.41, 5.74) is 5.54. The van der Waals surface area contributed by atoms with Crippen molar-refractivity contribution in [1.82, 2.24) is 19.8 Å². The van der Waals surface area contributed by atoms with E-state index in [9.17, 15) is 8.42 Å². The number of aromatic amines is 1. The van der Waals surface area contributed by atoms with E-state index < -0.39 is 10.0 Å². The van der Waals surface area contributed by atoms with Gasteiger partial charge in [-0.05, 0) is 31.7 Å². The summed E-state index contributed by atoms with van der Waals surface area (Å²) in [5.74, 6) is 0.474. The van der Waals surface area contributed by atoms with Crippen LogP contribution in [0.15, 0.2) is 11.1 Å². The summed E-state index contributed by atoms with van der Waals surface area (Å²) in [7, 11) is -3.54. The largest absolute Gasteiger partial charge is 0.383 e. The average Bonchev–Trinajstić information content (AvgIpc) is 2.94. The Bertz CT molecular complexity index is 551. The molecule has 0 spiro atoms. The maximum absolute atomic E-state index is 12.0. The summed E-state index contributed by atoms with van der Waals surface area (Å²) in [6, 6.07) is 0.756. The van der Waals surface area contributed by atoms with Crippen LogP contribution in [0, 0.1) is 5.92 Å². The first-order valence-electron chi connectivity index (χ1n) is 6.59. The van der Waals surface area contributed by atoms with Gasteiger partial charge in [0.05, 0.1) is 6.20 Å². The van der Waals surface area contributed by atoms with E-state index in [4.69, 9.17) is 5.73 Å². The number of sulfonamides is 1. The molecular formula is C11H19N5O2S. The summed E-state index contributed by atoms with van der Waals surface area (Å²) in [5, 5.41) is 6.07. The first-order valence-corrected chi connectivity index (χ1v) is 8.07. The quantitative estimate of drug-likeness (QED) is 0.692. The highest BCUT2D eigenvalue weighted by Crippen LogP contribution is 2.31. The third-order valence-corrected chi connectivity index (χ3v) is 5.32. The molecule has 1 atom stereocenters. The third kappa shape index (κ3) is 2.75. The van der Waals surface area contributed by atoms with Crippen LogP contribution >= 0.6 is 0 Å². The Morgan fingerprint density at radius 2 is 2.26 bits per heavy atom. The molecule has 0 amide bonds. The molecule has 2 heterocycles. The molecule has 0 aromatic carbocycles. The molecule has 1 unspecified atom stereocenters. The van der Waals surface area contributed by atoms with Crippen LogP contribution in [-0.4, -0.2) is 49.2 Å². The molecule has 19 heavy (non-hydrogen) atoms. The number of aromatic nitrogens is 2. The van der Waals surface area contributed by atoms with Crippen molar-refractivity contribution >= 4 is 15.8 Å². The van der Waals surface area contributed by atoms with Crippen molar-refractivity contribution in [3.8, 4) is 0 Å². The van der Waals surface area contributed by atoms with Gasteiger partial charge in [0, 0.05) is 19.1 Å². The van der Waals surface area contributed by atoms with Gasteiger partial charge < -0.3 is 10.6 Å². The van der Waals surface area contributed by atoms with Gasteiger partial charge in [-0.15, -0.1) is 0 Å². The number of rotatable bonds is 5. The highest BCUT2D eigenvalue weighted by Gasteiger charge is 2.34. The van der Waals surface area contributed by atoms with Crippen LogP contribution < -0.4 is 10.5 Å². The lowest BCUT2D eigenvalue weighted by molar-refractivity contribution is 0.314. The lowest BCUT2D eigenvalue weighted by Gasteiger charge is -2.15. The zero-order valence-electron chi connectivity index (χ0n) is 10.7. The minimum Gasteiger partial charge on any atom is -0.383 e. The molecule has 0 radical (unpaired) electrons. The maximum Gasteiger partial charge on any atom is 0.245 e. The number of nitrogens with one attached hydrogen (secondary N) is 2. The van der Waals surface area contributed by atoms with Gasteiger partial charge >= 0.3 is 0 Å². The molecule has 1 aliphatic heterocycles. The number of likely N-dealkylation sites (tertiary alicyclic amines) is 1. The van der Waals surface area contributed by atoms with Crippen molar-refractivity contribution in [2.75, 3.05) is 25.4 Å². The van der Waals surface area contributed by atoms with Gasteiger partial charge in [-0.25, -0.2) is 13.1 Å². The topological polar surface area (TPSA) is 104 Å². The third-order valence-electron chi connectivity index (χ3n) is 3.86. The van der Waals surface area contributed by atoms with E-state index in [1.807, 2.05) is 0 Å². The van der Waals surface area contributed by atoms with Crippen LogP contribution in [0.2, 0.25) is 0 Å². The lowest BCUT2D eigenvalue weighted by Crippen LogP contribution is -2.31. The van der Waals surface area contributed by atoms with Crippen molar-refractivity contribution in [2.24, 2.45) is 5.92 Å². The van der Waals surface area contributed by atoms with Crippen molar-refractivity contribution in [3.05, 3.63) is 6.20 Å². The molecule has 0 bridgehead atoms. The average molecular weight is 285 g/mol. The van der Waals surface area contributed by atoms with E-state index in [1.165, 1.54) is 19.0 Å². The Hall–Kier alpha value is -1.12. The standard InChI is InChI=1S/C11H19N5O2S/c12-11-10(6-13-15-11)19(17,18)14-5-8-3-4-16(7-8)9-1-2-9/h6,8-9,14H,1-5,7H2,(H3,12,13,15). The molecule has 3 rings (SSSR count). The normalized spacial score (nSPS) is 24.9. The highest BCUT2D eigenvalue weighted by atomic mass is 32.2. The second-order valence-electron chi connectivity index (χ2n) is 5.38. The zero-order valence-corrected chi connectivity index (χ0v) is 11.5. The van der Waals surface area contributed by atoms with Crippen LogP contribution in [0.3, 0.4) is 0 Å². The summed E-state index contributed by atoms with van der Waals surface area (Å²) in [6.45, 7) is 2.55. The van der Waals surface area contributed by atoms with Crippen LogP contribution in [-0.2, 0) is 10.0 Å². The Balaban J connectivity index is 1.56. The van der Waals surface area contributed by atoms with Gasteiger partial charge in [0.15, 0.2) is 0 Å². The fraction of sp³-hybridized carbons (Fsp3) is 0.727. The molecule has 1 aromatic rings. The summed E-state index contributed by atoms with van der Waals surface area (Å²) in [6.07, 6.45) is 4.89. The molecule has 1 aromatic heterocycles. The van der Waals surface area contributed by atoms with Crippen LogP contribution in [0.1, 0.15) is 19.3 Å². The molecule has 106 valence electrons. The number of anilines is 1. The van der Waals surface area contributed by atoms with E-state index in [0.29, 0.717) is 12.5 Å². The number of nitrogens with zero attached hydrogens (tertiary/aromatic N) is 2. The summed E-state index contributed by atoms with van der Waals surface area (Å²) >= 11 is 0. The van der Waals surface area contributed by atoms with Crippen LogP contribution in [0.4, 0.5) is 5.82 Å². The van der Waals surface area contributed by atoms with E-state index in [0.717, 1.165) is 25.6 Å². The Morgan fingerprint density at radius 1 is 1.47 bits per heavy atom. The molecule has 2 fully saturated rings. The maximum atomic E-state index is 12.0. The minimum atomic E-state index is -3.54. The van der Waals surface area contributed by atoms with Gasteiger partial charge in [0.2, 0.25) is 10.0 Å². The fourth-order valence-corrected chi connectivity index (χ4v) is 3.74. The van der Waals surface area contributed by atoms with Crippen molar-refractivity contribution in [3.63, 3.8) is 0 Å². The highest BCUT2D eigenvalue weighted by molar-refractivity contribution is 7.89. The Morgan fingerprint density at radius 3 is 2.89 bits per heavy atom. The van der Waals surface area contributed by atoms with Gasteiger partial charge in [-0.3, -0.25) is 5.10 Å². The SMILES string of the molecule is Nc1[nH]ncc1S(=O)(=O)NCC1CCN(C2CC2)C1. The number of H-pyrrole nitrogens is 1. The van der Waals surface area contributed by atoms with Gasteiger partial charge in [0.25, 0.3) is 0 Å². The second kappa shape index (κ2) is 4.77. The number of hydrogen-bond donors (Lipinski definition) is 3. The first kappa shape index (κ1) is 12.9. The lowest BCUT2D eigenvalue weighted by atomic mass is 10.1. The summed E-state index contributed by atoms with van der Waals surface area (Å²) in [4.78, 5) is 2.50. The van der Waals surface area contributed by atoms with Crippen molar-refractivity contribution in [1.29, 1.82) is 0 Å². The predicted molar refractivity (Wildman–Crippen MR) is 70.9 cm³/mol. The van der Waals surface area contributed by atoms with E-state index in [2.05, 4.69) is 19.8 Å². The van der Waals surface area contributed by atoms with E-state index >= 15 is 0 Å². The van der Waals surface area contributed by atoms with Gasteiger partial charge in [0.1, 0.15) is 10.7 Å².